The van der Waals surface area contributed by atoms with Gasteiger partial charge < -0.3 is 21.7 Å². The van der Waals surface area contributed by atoms with Gasteiger partial charge >= 0.3 is 0 Å². The van der Waals surface area contributed by atoms with Crippen LogP contribution in [0.25, 0.3) is 0 Å². The standard InChI is InChI=1S/C15H29N5/c1-3-4-5-6-9-20(2)10-7-8-18-15-14(17)11-13(16)12-19-15/h11-12H,3-10,16-17H2,1-2H3,(H,18,19). The molecule has 5 N–H and O–H groups in total. The Bertz CT molecular complexity index is 381. The fraction of sp³-hybridized carbons (Fsp3) is 0.667. The maximum absolute atomic E-state index is 5.84. The quantitative estimate of drug-likeness (QED) is 0.574. The molecule has 0 aliphatic rings. The van der Waals surface area contributed by atoms with E-state index in [-0.39, 0.29) is 0 Å². The zero-order chi connectivity index (χ0) is 14.8. The van der Waals surface area contributed by atoms with E-state index in [1.165, 1.54) is 32.2 Å². The molecule has 5 heteroatoms. The topological polar surface area (TPSA) is 80.2 Å². The van der Waals surface area contributed by atoms with E-state index in [1.807, 2.05) is 0 Å². The number of nitrogens with one attached hydrogen (secondary N) is 1. The number of hydrogen-bond acceptors (Lipinski definition) is 5. The Labute approximate surface area is 122 Å². The molecule has 1 aromatic heterocycles. The molecule has 114 valence electrons. The normalized spacial score (nSPS) is 10.9. The number of anilines is 3. The second kappa shape index (κ2) is 9.42. The Hall–Kier alpha value is -1.49. The van der Waals surface area contributed by atoms with Gasteiger partial charge in [0.2, 0.25) is 0 Å². The van der Waals surface area contributed by atoms with Gasteiger partial charge in [0.1, 0.15) is 5.82 Å². The summed E-state index contributed by atoms with van der Waals surface area (Å²) in [6.07, 6.45) is 7.98. The second-order valence-corrected chi connectivity index (χ2v) is 5.35. The van der Waals surface area contributed by atoms with Crippen LogP contribution in [0.15, 0.2) is 12.3 Å². The molecule has 0 atom stereocenters. The lowest BCUT2D eigenvalue weighted by Gasteiger charge is -2.16. The Balaban J connectivity index is 2.12. The molecule has 1 rings (SSSR count). The number of pyridine rings is 1. The summed E-state index contributed by atoms with van der Waals surface area (Å²) < 4.78 is 0. The summed E-state index contributed by atoms with van der Waals surface area (Å²) in [5, 5.41) is 3.25. The van der Waals surface area contributed by atoms with E-state index in [1.54, 1.807) is 12.3 Å². The van der Waals surface area contributed by atoms with Crippen molar-refractivity contribution < 1.29 is 0 Å². The molecule has 0 spiro atoms. The molecule has 0 aliphatic heterocycles. The van der Waals surface area contributed by atoms with Gasteiger partial charge in [0.25, 0.3) is 0 Å². The number of nitrogens with two attached hydrogens (primary N) is 2. The summed E-state index contributed by atoms with van der Waals surface area (Å²) in [4.78, 5) is 6.58. The van der Waals surface area contributed by atoms with Gasteiger partial charge in [0, 0.05) is 6.54 Å². The summed E-state index contributed by atoms with van der Waals surface area (Å²) in [7, 11) is 2.18. The van der Waals surface area contributed by atoms with Crippen LogP contribution in [0.3, 0.4) is 0 Å². The smallest absolute Gasteiger partial charge is 0.149 e. The van der Waals surface area contributed by atoms with Crippen molar-refractivity contribution in [3.05, 3.63) is 12.3 Å². The molecule has 0 aromatic carbocycles. The first-order valence-electron chi connectivity index (χ1n) is 7.57. The predicted molar refractivity (Wildman–Crippen MR) is 87.8 cm³/mol. The first-order valence-corrected chi connectivity index (χ1v) is 7.57. The lowest BCUT2D eigenvalue weighted by Crippen LogP contribution is -2.23. The van der Waals surface area contributed by atoms with Crippen LogP contribution in [0.5, 0.6) is 0 Å². The van der Waals surface area contributed by atoms with Crippen LogP contribution in [0.1, 0.15) is 39.0 Å². The molecule has 1 heterocycles. The van der Waals surface area contributed by atoms with Gasteiger partial charge in [-0.05, 0) is 39.0 Å². The molecule has 0 fully saturated rings. The first-order chi connectivity index (χ1) is 9.63. The van der Waals surface area contributed by atoms with E-state index in [9.17, 15) is 0 Å². The second-order valence-electron chi connectivity index (χ2n) is 5.35. The molecule has 0 amide bonds. The minimum Gasteiger partial charge on any atom is -0.397 e. The van der Waals surface area contributed by atoms with Crippen LogP contribution < -0.4 is 16.8 Å². The van der Waals surface area contributed by atoms with Crippen LogP contribution in [-0.2, 0) is 0 Å². The summed E-state index contributed by atoms with van der Waals surface area (Å²) in [6.45, 7) is 5.39. The summed E-state index contributed by atoms with van der Waals surface area (Å²) in [5.74, 6) is 0.727. The van der Waals surface area contributed by atoms with Crippen molar-refractivity contribution in [3.8, 4) is 0 Å². The van der Waals surface area contributed by atoms with Crippen molar-refractivity contribution in [1.29, 1.82) is 0 Å². The molecule has 1 aromatic rings. The van der Waals surface area contributed by atoms with Gasteiger partial charge in [-0.3, -0.25) is 0 Å². The largest absolute Gasteiger partial charge is 0.397 e. The summed E-state index contributed by atoms with van der Waals surface area (Å²) >= 11 is 0. The third-order valence-electron chi connectivity index (χ3n) is 3.34. The number of hydrogen-bond donors (Lipinski definition) is 3. The van der Waals surface area contributed by atoms with E-state index in [4.69, 9.17) is 11.5 Å². The van der Waals surface area contributed by atoms with Crippen molar-refractivity contribution in [2.24, 2.45) is 0 Å². The highest BCUT2D eigenvalue weighted by molar-refractivity contribution is 5.65. The Morgan fingerprint density at radius 1 is 1.15 bits per heavy atom. The Morgan fingerprint density at radius 3 is 2.60 bits per heavy atom. The van der Waals surface area contributed by atoms with Crippen molar-refractivity contribution >= 4 is 17.2 Å². The van der Waals surface area contributed by atoms with E-state index >= 15 is 0 Å². The maximum atomic E-state index is 5.84. The van der Waals surface area contributed by atoms with Gasteiger partial charge in [-0.2, -0.15) is 0 Å². The minimum absolute atomic E-state index is 0.597. The highest BCUT2D eigenvalue weighted by atomic mass is 15.1. The highest BCUT2D eigenvalue weighted by Gasteiger charge is 2.01. The Kier molecular flexibility index (Phi) is 7.80. The molecule has 20 heavy (non-hydrogen) atoms. The molecule has 0 radical (unpaired) electrons. The molecular weight excluding hydrogens is 250 g/mol. The van der Waals surface area contributed by atoms with Crippen LogP contribution in [0.4, 0.5) is 17.2 Å². The van der Waals surface area contributed by atoms with Gasteiger partial charge in [-0.1, -0.05) is 26.2 Å². The number of unbranched alkanes of at least 4 members (excludes halogenated alkanes) is 3. The molecule has 0 saturated carbocycles. The predicted octanol–water partition coefficient (Wildman–Crippen LogP) is 2.56. The summed E-state index contributed by atoms with van der Waals surface area (Å²) in [6, 6.07) is 1.73. The van der Waals surface area contributed by atoms with E-state index in [2.05, 4.69) is 29.2 Å². The maximum Gasteiger partial charge on any atom is 0.149 e. The Morgan fingerprint density at radius 2 is 1.90 bits per heavy atom. The first kappa shape index (κ1) is 16.6. The molecule has 0 aliphatic carbocycles. The van der Waals surface area contributed by atoms with Crippen LogP contribution in [-0.4, -0.2) is 36.6 Å². The van der Waals surface area contributed by atoms with Gasteiger partial charge in [-0.25, -0.2) is 4.98 Å². The zero-order valence-electron chi connectivity index (χ0n) is 12.9. The number of rotatable bonds is 10. The lowest BCUT2D eigenvalue weighted by atomic mass is 10.2. The van der Waals surface area contributed by atoms with Crippen LogP contribution in [0, 0.1) is 0 Å². The third-order valence-corrected chi connectivity index (χ3v) is 3.34. The van der Waals surface area contributed by atoms with Crippen molar-refractivity contribution in [3.63, 3.8) is 0 Å². The zero-order valence-corrected chi connectivity index (χ0v) is 12.9. The number of aromatic nitrogens is 1. The SMILES string of the molecule is CCCCCCN(C)CCCNc1ncc(N)cc1N. The molecular formula is C15H29N5. The molecule has 5 nitrogen and oxygen atoms in total. The number of nitrogen functional groups attached to an aromatic ring is 2. The third kappa shape index (κ3) is 6.61. The van der Waals surface area contributed by atoms with Gasteiger partial charge in [0.05, 0.1) is 17.6 Å². The fourth-order valence-corrected chi connectivity index (χ4v) is 2.12. The van der Waals surface area contributed by atoms with E-state index in [0.29, 0.717) is 11.4 Å². The van der Waals surface area contributed by atoms with Gasteiger partial charge in [0.15, 0.2) is 0 Å². The molecule has 0 bridgehead atoms. The molecule has 0 saturated heterocycles. The van der Waals surface area contributed by atoms with Crippen molar-refractivity contribution in [1.82, 2.24) is 9.88 Å². The number of nitrogens with zero attached hydrogens (tertiary/aromatic N) is 2. The van der Waals surface area contributed by atoms with Crippen molar-refractivity contribution in [2.75, 3.05) is 43.5 Å². The van der Waals surface area contributed by atoms with Gasteiger partial charge in [-0.15, -0.1) is 0 Å². The van der Waals surface area contributed by atoms with E-state index < -0.39 is 0 Å². The van der Waals surface area contributed by atoms with Crippen molar-refractivity contribution in [2.45, 2.75) is 39.0 Å². The average Bonchev–Trinajstić information content (AvgIpc) is 2.41. The average molecular weight is 279 g/mol. The fourth-order valence-electron chi connectivity index (χ4n) is 2.12. The molecule has 0 unspecified atom stereocenters. The lowest BCUT2D eigenvalue weighted by molar-refractivity contribution is 0.323. The van der Waals surface area contributed by atoms with Crippen LogP contribution in [0.2, 0.25) is 0 Å². The van der Waals surface area contributed by atoms with E-state index in [0.717, 1.165) is 25.3 Å². The monoisotopic (exact) mass is 279 g/mol. The minimum atomic E-state index is 0.597. The highest BCUT2D eigenvalue weighted by Crippen LogP contribution is 2.17. The van der Waals surface area contributed by atoms with Crippen LogP contribution >= 0.6 is 0 Å². The summed E-state index contributed by atoms with van der Waals surface area (Å²) in [5.41, 5.74) is 12.7.